The van der Waals surface area contributed by atoms with E-state index < -0.39 is 56.4 Å². The summed E-state index contributed by atoms with van der Waals surface area (Å²) in [5, 5.41) is 6.14. The number of halogens is 4. The molecule has 34 heavy (non-hydrogen) atoms. The monoisotopic (exact) mass is 508 g/mol. The first-order chi connectivity index (χ1) is 15.5. The Morgan fingerprint density at radius 2 is 2.00 bits per heavy atom. The Bertz CT molecular complexity index is 1180. The molecule has 3 rings (SSSR count). The summed E-state index contributed by atoms with van der Waals surface area (Å²) in [6.07, 6.45) is -4.37. The molecule has 1 aliphatic rings. The molecule has 0 spiro atoms. The van der Waals surface area contributed by atoms with Gasteiger partial charge in [0.25, 0.3) is 5.91 Å². The van der Waals surface area contributed by atoms with Gasteiger partial charge in [-0.1, -0.05) is 5.16 Å². The van der Waals surface area contributed by atoms with E-state index in [9.17, 15) is 26.4 Å². The third kappa shape index (κ3) is 5.65. The Kier molecular flexibility index (Phi) is 6.68. The maximum atomic E-state index is 15.1. The molecule has 2 aromatic rings. The van der Waals surface area contributed by atoms with E-state index in [1.807, 2.05) is 0 Å². The summed E-state index contributed by atoms with van der Waals surface area (Å²) in [5.74, 6) is -2.03. The molecule has 0 bridgehead atoms. The highest BCUT2D eigenvalue weighted by Gasteiger charge is 2.44. The minimum Gasteiger partial charge on any atom is -0.481 e. The van der Waals surface area contributed by atoms with E-state index in [4.69, 9.17) is 9.26 Å². The number of aromatic nitrogens is 3. The molecular formula is C20H24F4N4O5S. The molecule has 0 saturated heterocycles. The molecule has 2 atom stereocenters. The molecular weight excluding hydrogens is 484 g/mol. The third-order valence-electron chi connectivity index (χ3n) is 5.45. The number of carbonyl (C=O) groups is 1. The maximum absolute atomic E-state index is 15.1. The molecule has 1 amide bonds. The normalized spacial score (nSPS) is 18.5. The van der Waals surface area contributed by atoms with Crippen LogP contribution in [0.3, 0.4) is 0 Å². The number of carbonyl (C=O) groups excluding carboxylic acids is 1. The average molecular weight is 508 g/mol. The number of hydrogen-bond acceptors (Lipinski definition) is 8. The smallest absolute Gasteiger partial charge is 0.425 e. The minimum absolute atomic E-state index is 0.0839. The van der Waals surface area contributed by atoms with Crippen molar-refractivity contribution in [1.29, 1.82) is 0 Å². The minimum atomic E-state index is -4.73. The van der Waals surface area contributed by atoms with Crippen LogP contribution in [0.15, 0.2) is 16.8 Å². The van der Waals surface area contributed by atoms with Crippen molar-refractivity contribution in [2.75, 3.05) is 12.0 Å². The number of ether oxygens (including phenoxy) is 1. The Morgan fingerprint density at radius 3 is 2.47 bits per heavy atom. The first-order valence-corrected chi connectivity index (χ1v) is 12.3. The van der Waals surface area contributed by atoms with Gasteiger partial charge in [-0.15, -0.1) is 0 Å². The molecule has 1 N–H and O–H groups in total. The van der Waals surface area contributed by atoms with Crippen LogP contribution in [-0.4, -0.2) is 53.7 Å². The van der Waals surface area contributed by atoms with Crippen molar-refractivity contribution >= 4 is 15.7 Å². The standard InChI is InChI=1S/C20H24F4N4O5S/c1-11(20(22,23)24)32-15-8-14(25-9-13(15)19(21)6-5-7-19)16(29)27-18(3,10-34(4,30)31)17-26-12(2)33-28-17/h8-9,11H,5-7,10H2,1-4H3,(H,27,29). The van der Waals surface area contributed by atoms with E-state index >= 15 is 4.39 Å². The van der Waals surface area contributed by atoms with Crippen LogP contribution in [0.25, 0.3) is 0 Å². The van der Waals surface area contributed by atoms with E-state index in [0.717, 1.165) is 25.4 Å². The van der Waals surface area contributed by atoms with Crippen molar-refractivity contribution in [3.63, 3.8) is 0 Å². The molecule has 2 unspecified atom stereocenters. The van der Waals surface area contributed by atoms with E-state index in [1.165, 1.54) is 13.8 Å². The molecule has 188 valence electrons. The fraction of sp³-hybridized carbons (Fsp3) is 0.600. The summed E-state index contributed by atoms with van der Waals surface area (Å²) < 4.78 is 88.2. The lowest BCUT2D eigenvalue weighted by molar-refractivity contribution is -0.189. The Labute approximate surface area is 193 Å². The second-order valence-corrected chi connectivity index (χ2v) is 10.8. The summed E-state index contributed by atoms with van der Waals surface area (Å²) in [6.45, 7) is 3.58. The molecule has 2 heterocycles. The van der Waals surface area contributed by atoms with Gasteiger partial charge in [-0.25, -0.2) is 12.8 Å². The summed E-state index contributed by atoms with van der Waals surface area (Å²) >= 11 is 0. The second-order valence-electron chi connectivity index (χ2n) is 8.68. The Hall–Kier alpha value is -2.77. The quantitative estimate of drug-likeness (QED) is 0.540. The Balaban J connectivity index is 1.97. The van der Waals surface area contributed by atoms with Crippen LogP contribution in [0.4, 0.5) is 17.6 Å². The molecule has 1 aliphatic carbocycles. The summed E-state index contributed by atoms with van der Waals surface area (Å²) in [7, 11) is -3.67. The van der Waals surface area contributed by atoms with Crippen LogP contribution >= 0.6 is 0 Å². The number of amides is 1. The summed E-state index contributed by atoms with van der Waals surface area (Å²) in [4.78, 5) is 20.9. The maximum Gasteiger partial charge on any atom is 0.425 e. The van der Waals surface area contributed by atoms with Gasteiger partial charge in [0.2, 0.25) is 5.89 Å². The molecule has 2 aromatic heterocycles. The van der Waals surface area contributed by atoms with Crippen molar-refractivity contribution in [3.05, 3.63) is 35.2 Å². The van der Waals surface area contributed by atoms with Crippen molar-refractivity contribution in [2.24, 2.45) is 0 Å². The summed E-state index contributed by atoms with van der Waals surface area (Å²) in [5.41, 5.74) is -4.15. The van der Waals surface area contributed by atoms with E-state index in [-0.39, 0.29) is 30.1 Å². The fourth-order valence-electron chi connectivity index (χ4n) is 3.53. The highest BCUT2D eigenvalue weighted by atomic mass is 32.2. The molecule has 1 fully saturated rings. The first kappa shape index (κ1) is 25.8. The molecule has 0 aromatic carbocycles. The lowest BCUT2D eigenvalue weighted by Crippen LogP contribution is -2.49. The van der Waals surface area contributed by atoms with Gasteiger partial charge >= 0.3 is 6.18 Å². The largest absolute Gasteiger partial charge is 0.481 e. The molecule has 9 nitrogen and oxygen atoms in total. The van der Waals surface area contributed by atoms with Gasteiger partial charge in [-0.2, -0.15) is 18.2 Å². The first-order valence-electron chi connectivity index (χ1n) is 10.3. The predicted octanol–water partition coefficient (Wildman–Crippen LogP) is 3.14. The molecule has 1 saturated carbocycles. The van der Waals surface area contributed by atoms with Gasteiger partial charge in [-0.05, 0) is 33.1 Å². The average Bonchev–Trinajstić information content (AvgIpc) is 3.11. The number of aryl methyl sites for hydroxylation is 1. The number of nitrogens with zero attached hydrogens (tertiary/aromatic N) is 3. The van der Waals surface area contributed by atoms with Crippen molar-refractivity contribution in [2.45, 2.75) is 63.5 Å². The number of rotatable bonds is 8. The lowest BCUT2D eigenvalue weighted by atomic mass is 9.77. The highest BCUT2D eigenvalue weighted by Crippen LogP contribution is 2.48. The second kappa shape index (κ2) is 8.78. The molecule has 0 aliphatic heterocycles. The topological polar surface area (TPSA) is 124 Å². The van der Waals surface area contributed by atoms with E-state index in [1.54, 1.807) is 0 Å². The van der Waals surface area contributed by atoms with Crippen LogP contribution in [0.2, 0.25) is 0 Å². The van der Waals surface area contributed by atoms with Crippen LogP contribution in [0, 0.1) is 6.92 Å². The van der Waals surface area contributed by atoms with Crippen molar-refractivity contribution in [3.8, 4) is 5.75 Å². The number of sulfone groups is 1. The Morgan fingerprint density at radius 1 is 1.35 bits per heavy atom. The predicted molar refractivity (Wildman–Crippen MR) is 111 cm³/mol. The number of alkyl halides is 4. The number of hydrogen-bond donors (Lipinski definition) is 1. The summed E-state index contributed by atoms with van der Waals surface area (Å²) in [6, 6.07) is 0.912. The number of pyridine rings is 1. The zero-order valence-electron chi connectivity index (χ0n) is 18.9. The van der Waals surface area contributed by atoms with Gasteiger partial charge in [-0.3, -0.25) is 9.78 Å². The molecule has 0 radical (unpaired) electrons. The highest BCUT2D eigenvalue weighted by molar-refractivity contribution is 7.90. The van der Waals surface area contributed by atoms with Gasteiger partial charge in [0.05, 0.1) is 5.75 Å². The van der Waals surface area contributed by atoms with Gasteiger partial charge in [0.15, 0.2) is 11.9 Å². The van der Waals surface area contributed by atoms with E-state index in [0.29, 0.717) is 6.42 Å². The van der Waals surface area contributed by atoms with Crippen molar-refractivity contribution in [1.82, 2.24) is 20.4 Å². The van der Waals surface area contributed by atoms with Crippen molar-refractivity contribution < 1.29 is 40.0 Å². The van der Waals surface area contributed by atoms with Crippen LogP contribution < -0.4 is 10.1 Å². The van der Waals surface area contributed by atoms with Crippen LogP contribution in [0.1, 0.15) is 60.9 Å². The van der Waals surface area contributed by atoms with Gasteiger partial charge < -0.3 is 14.6 Å². The number of nitrogens with one attached hydrogen (secondary N) is 1. The van der Waals surface area contributed by atoms with Crippen LogP contribution in [-0.2, 0) is 21.0 Å². The fourth-order valence-corrected chi connectivity index (χ4v) is 4.78. The zero-order chi connectivity index (χ0) is 25.5. The molecule has 14 heteroatoms. The zero-order valence-corrected chi connectivity index (χ0v) is 19.7. The van der Waals surface area contributed by atoms with Gasteiger partial charge in [0.1, 0.15) is 32.5 Å². The third-order valence-corrected chi connectivity index (χ3v) is 6.56. The van der Waals surface area contributed by atoms with Crippen LogP contribution in [0.5, 0.6) is 5.75 Å². The van der Waals surface area contributed by atoms with E-state index in [2.05, 4.69) is 20.4 Å². The SMILES string of the molecule is Cc1nc(C(C)(CS(C)(=O)=O)NC(=O)c2cc(OC(C)C(F)(F)F)c(C3(F)CCC3)cn2)no1. The van der Waals surface area contributed by atoms with Gasteiger partial charge in [0, 0.05) is 31.0 Å². The lowest BCUT2D eigenvalue weighted by Gasteiger charge is -2.35.